The summed E-state index contributed by atoms with van der Waals surface area (Å²) < 4.78 is 25.6. The average Bonchev–Trinajstić information content (AvgIpc) is 2.40. The van der Waals surface area contributed by atoms with Gasteiger partial charge in [0.05, 0.1) is 11.4 Å². The zero-order valence-corrected chi connectivity index (χ0v) is 14.4. The van der Waals surface area contributed by atoms with E-state index in [0.29, 0.717) is 11.6 Å². The first kappa shape index (κ1) is 17.8. The van der Waals surface area contributed by atoms with Crippen LogP contribution in [0.5, 0.6) is 0 Å². The molecule has 0 aliphatic carbocycles. The van der Waals surface area contributed by atoms with Gasteiger partial charge in [0.1, 0.15) is 4.90 Å². The highest BCUT2D eigenvalue weighted by molar-refractivity contribution is 7.89. The van der Waals surface area contributed by atoms with Crippen LogP contribution in [0.15, 0.2) is 23.1 Å². The summed E-state index contributed by atoms with van der Waals surface area (Å²) in [5, 5.41) is 3.32. The molecule has 0 saturated carbocycles. The van der Waals surface area contributed by atoms with Gasteiger partial charge in [-0.2, -0.15) is 0 Å². The van der Waals surface area contributed by atoms with Crippen molar-refractivity contribution in [1.29, 1.82) is 0 Å². The van der Waals surface area contributed by atoms with E-state index in [2.05, 4.69) is 26.1 Å². The largest absolute Gasteiger partial charge is 0.396 e. The van der Waals surface area contributed by atoms with Crippen molar-refractivity contribution < 1.29 is 8.42 Å². The minimum absolute atomic E-state index is 0.147. The fourth-order valence-electron chi connectivity index (χ4n) is 2.19. The fourth-order valence-corrected chi connectivity index (χ4v) is 3.22. The summed E-state index contributed by atoms with van der Waals surface area (Å²) in [5.41, 5.74) is 7.01. The van der Waals surface area contributed by atoms with Crippen molar-refractivity contribution in [3.05, 3.63) is 18.2 Å². The standard InChI is InChI=1S/C15H27N3O2S/c1-6-11(2)10-12(3)17-13-8-7-9-14(15(13)16)21(19,20)18(4)5/h7-9,11-12,17H,6,10,16H2,1-5H3. The van der Waals surface area contributed by atoms with Crippen LogP contribution in [0.2, 0.25) is 0 Å². The van der Waals surface area contributed by atoms with E-state index in [9.17, 15) is 8.42 Å². The minimum Gasteiger partial charge on any atom is -0.396 e. The molecule has 1 rings (SSSR count). The molecule has 0 spiro atoms. The molecule has 0 aliphatic heterocycles. The highest BCUT2D eigenvalue weighted by atomic mass is 32.2. The summed E-state index contributed by atoms with van der Waals surface area (Å²) in [7, 11) is -0.524. The first-order chi connectivity index (χ1) is 9.70. The number of hydrogen-bond donors (Lipinski definition) is 2. The van der Waals surface area contributed by atoms with Gasteiger partial charge >= 0.3 is 0 Å². The lowest BCUT2D eigenvalue weighted by atomic mass is 10.0. The number of anilines is 2. The smallest absolute Gasteiger partial charge is 0.244 e. The first-order valence-corrected chi connectivity index (χ1v) is 8.71. The van der Waals surface area contributed by atoms with Crippen molar-refractivity contribution in [2.75, 3.05) is 25.1 Å². The van der Waals surface area contributed by atoms with Crippen molar-refractivity contribution in [2.24, 2.45) is 5.92 Å². The highest BCUT2D eigenvalue weighted by Gasteiger charge is 2.22. The minimum atomic E-state index is -3.53. The molecule has 0 fully saturated rings. The number of sulfonamides is 1. The van der Waals surface area contributed by atoms with Crippen LogP contribution in [0, 0.1) is 5.92 Å². The maximum atomic E-state index is 12.2. The number of nitrogen functional groups attached to an aromatic ring is 1. The van der Waals surface area contributed by atoms with E-state index in [1.54, 1.807) is 6.07 Å². The summed E-state index contributed by atoms with van der Waals surface area (Å²) in [6.45, 7) is 6.45. The molecule has 21 heavy (non-hydrogen) atoms. The zero-order chi connectivity index (χ0) is 16.2. The van der Waals surface area contributed by atoms with E-state index >= 15 is 0 Å². The Kier molecular flexibility index (Phi) is 6.04. The molecule has 1 aromatic carbocycles. The Hall–Kier alpha value is -1.27. The van der Waals surface area contributed by atoms with Crippen LogP contribution in [0.25, 0.3) is 0 Å². The third-order valence-corrected chi connectivity index (χ3v) is 5.55. The topological polar surface area (TPSA) is 75.4 Å². The van der Waals surface area contributed by atoms with Gasteiger partial charge in [0.15, 0.2) is 0 Å². The fraction of sp³-hybridized carbons (Fsp3) is 0.600. The van der Waals surface area contributed by atoms with Gasteiger partial charge in [-0.1, -0.05) is 26.3 Å². The molecule has 120 valence electrons. The second-order valence-electron chi connectivity index (χ2n) is 5.80. The van der Waals surface area contributed by atoms with Gasteiger partial charge in [0.25, 0.3) is 0 Å². The maximum Gasteiger partial charge on any atom is 0.244 e. The molecular formula is C15H27N3O2S. The Balaban J connectivity index is 3.02. The van der Waals surface area contributed by atoms with E-state index < -0.39 is 10.0 Å². The predicted molar refractivity (Wildman–Crippen MR) is 88.9 cm³/mol. The van der Waals surface area contributed by atoms with Gasteiger partial charge in [-0.05, 0) is 31.4 Å². The van der Waals surface area contributed by atoms with Crippen LogP contribution in [-0.4, -0.2) is 32.9 Å². The summed E-state index contributed by atoms with van der Waals surface area (Å²) in [6.07, 6.45) is 2.14. The second-order valence-corrected chi connectivity index (χ2v) is 7.92. The number of hydrogen-bond acceptors (Lipinski definition) is 4. The van der Waals surface area contributed by atoms with Crippen molar-refractivity contribution in [2.45, 2.75) is 44.6 Å². The van der Waals surface area contributed by atoms with Crippen molar-refractivity contribution in [3.8, 4) is 0 Å². The molecule has 5 nitrogen and oxygen atoms in total. The number of para-hydroxylation sites is 1. The molecule has 1 aromatic rings. The SMILES string of the molecule is CCC(C)CC(C)Nc1cccc(S(=O)(=O)N(C)C)c1N. The van der Waals surface area contributed by atoms with Crippen LogP contribution in [0.3, 0.4) is 0 Å². The quantitative estimate of drug-likeness (QED) is 0.759. The van der Waals surface area contributed by atoms with Crippen LogP contribution in [-0.2, 0) is 10.0 Å². The van der Waals surface area contributed by atoms with E-state index in [1.165, 1.54) is 24.5 Å². The molecule has 2 unspecified atom stereocenters. The normalized spacial score (nSPS) is 15.0. The molecular weight excluding hydrogens is 286 g/mol. The predicted octanol–water partition coefficient (Wildman–Crippen LogP) is 2.76. The van der Waals surface area contributed by atoms with E-state index in [1.807, 2.05) is 6.07 Å². The molecule has 0 bridgehead atoms. The van der Waals surface area contributed by atoms with Gasteiger partial charge in [-0.3, -0.25) is 0 Å². The van der Waals surface area contributed by atoms with Crippen LogP contribution < -0.4 is 11.1 Å². The highest BCUT2D eigenvalue weighted by Crippen LogP contribution is 2.29. The van der Waals surface area contributed by atoms with Crippen molar-refractivity contribution in [3.63, 3.8) is 0 Å². The number of nitrogens with one attached hydrogen (secondary N) is 1. The Labute approximate surface area is 128 Å². The Morgan fingerprint density at radius 2 is 1.90 bits per heavy atom. The number of rotatable bonds is 7. The molecule has 0 amide bonds. The third-order valence-electron chi connectivity index (χ3n) is 3.68. The Morgan fingerprint density at radius 3 is 2.43 bits per heavy atom. The molecule has 2 atom stereocenters. The first-order valence-electron chi connectivity index (χ1n) is 7.27. The van der Waals surface area contributed by atoms with Crippen LogP contribution >= 0.6 is 0 Å². The monoisotopic (exact) mass is 313 g/mol. The van der Waals surface area contributed by atoms with Crippen LogP contribution in [0.4, 0.5) is 11.4 Å². The zero-order valence-electron chi connectivity index (χ0n) is 13.6. The van der Waals surface area contributed by atoms with Gasteiger partial charge in [0.2, 0.25) is 10.0 Å². The number of benzene rings is 1. The summed E-state index contributed by atoms with van der Waals surface area (Å²) in [5.74, 6) is 0.613. The molecule has 0 saturated heterocycles. The lowest BCUT2D eigenvalue weighted by Gasteiger charge is -2.21. The lowest BCUT2D eigenvalue weighted by molar-refractivity contribution is 0.484. The van der Waals surface area contributed by atoms with Gasteiger partial charge in [-0.25, -0.2) is 12.7 Å². The molecule has 3 N–H and O–H groups in total. The maximum absolute atomic E-state index is 12.2. The number of nitrogens with zero attached hydrogens (tertiary/aromatic N) is 1. The molecule has 0 heterocycles. The van der Waals surface area contributed by atoms with Crippen molar-refractivity contribution in [1.82, 2.24) is 4.31 Å². The molecule has 0 aliphatic rings. The number of nitrogens with two attached hydrogens (primary N) is 1. The van der Waals surface area contributed by atoms with E-state index in [0.717, 1.165) is 12.8 Å². The van der Waals surface area contributed by atoms with Crippen molar-refractivity contribution >= 4 is 21.4 Å². The molecule has 6 heteroatoms. The van der Waals surface area contributed by atoms with Gasteiger partial charge < -0.3 is 11.1 Å². The van der Waals surface area contributed by atoms with Crippen LogP contribution in [0.1, 0.15) is 33.6 Å². The van der Waals surface area contributed by atoms with Gasteiger partial charge in [-0.15, -0.1) is 0 Å². The molecule has 0 radical (unpaired) electrons. The molecule has 0 aromatic heterocycles. The summed E-state index contributed by atoms with van der Waals surface area (Å²) in [4.78, 5) is 0.147. The van der Waals surface area contributed by atoms with E-state index in [-0.39, 0.29) is 16.6 Å². The Bertz CT molecular complexity index is 570. The lowest BCUT2D eigenvalue weighted by Crippen LogP contribution is -2.24. The van der Waals surface area contributed by atoms with Gasteiger partial charge in [0, 0.05) is 20.1 Å². The summed E-state index contributed by atoms with van der Waals surface area (Å²) >= 11 is 0. The Morgan fingerprint density at radius 1 is 1.29 bits per heavy atom. The summed E-state index contributed by atoms with van der Waals surface area (Å²) in [6, 6.07) is 5.30. The average molecular weight is 313 g/mol. The second kappa shape index (κ2) is 7.13. The van der Waals surface area contributed by atoms with E-state index in [4.69, 9.17) is 5.73 Å². The third kappa shape index (κ3) is 4.35.